The van der Waals surface area contributed by atoms with E-state index < -0.39 is 0 Å². The molecule has 0 radical (unpaired) electrons. The first-order valence-corrected chi connectivity index (χ1v) is 7.57. The molecule has 2 nitrogen and oxygen atoms in total. The van der Waals surface area contributed by atoms with Gasteiger partial charge in [0.05, 0.1) is 0 Å². The smallest absolute Gasteiger partial charge is 0.254 e. The van der Waals surface area contributed by atoms with E-state index in [1.807, 2.05) is 36.1 Å². The van der Waals surface area contributed by atoms with E-state index in [9.17, 15) is 4.79 Å². The maximum Gasteiger partial charge on any atom is 0.254 e. The van der Waals surface area contributed by atoms with Gasteiger partial charge in [0.2, 0.25) is 0 Å². The van der Waals surface area contributed by atoms with Crippen molar-refractivity contribution in [1.82, 2.24) is 4.90 Å². The maximum absolute atomic E-state index is 12.6. The van der Waals surface area contributed by atoms with Crippen LogP contribution in [0, 0.1) is 6.92 Å². The summed E-state index contributed by atoms with van der Waals surface area (Å²) in [5.41, 5.74) is 3.22. The summed E-state index contributed by atoms with van der Waals surface area (Å²) in [6.45, 7) is 2.78. The van der Waals surface area contributed by atoms with Crippen LogP contribution in [-0.4, -0.2) is 16.8 Å². The van der Waals surface area contributed by atoms with Gasteiger partial charge in [-0.15, -0.1) is 0 Å². The van der Waals surface area contributed by atoms with Crippen molar-refractivity contribution in [1.29, 1.82) is 0 Å². The van der Waals surface area contributed by atoms with Crippen molar-refractivity contribution in [2.45, 2.75) is 32.4 Å². The molecule has 1 saturated carbocycles. The Hall–Kier alpha value is -1.61. The van der Waals surface area contributed by atoms with E-state index in [1.165, 1.54) is 11.1 Å². The van der Waals surface area contributed by atoms with Gasteiger partial charge in [0.25, 0.3) is 5.91 Å². The molecular formula is C16H17NOS. The van der Waals surface area contributed by atoms with Gasteiger partial charge in [-0.2, -0.15) is 11.3 Å². The molecule has 1 aromatic heterocycles. The number of carbonyl (C=O) groups excluding carboxylic acids is 1. The van der Waals surface area contributed by atoms with Crippen LogP contribution in [-0.2, 0) is 6.54 Å². The molecule has 0 aliphatic heterocycles. The van der Waals surface area contributed by atoms with Gasteiger partial charge in [-0.3, -0.25) is 4.79 Å². The van der Waals surface area contributed by atoms with Gasteiger partial charge in [-0.05, 0) is 54.3 Å². The summed E-state index contributed by atoms with van der Waals surface area (Å²) in [5.74, 6) is 0.161. The standard InChI is InChI=1S/C16H17NOS/c1-12-2-4-14(5-3-12)16(18)17(15-6-7-15)10-13-8-9-19-11-13/h2-5,8-9,11,15H,6-7,10H2,1H3. The van der Waals surface area contributed by atoms with Crippen LogP contribution in [0.5, 0.6) is 0 Å². The molecule has 0 bridgehead atoms. The summed E-state index contributed by atoms with van der Waals surface area (Å²) in [6.07, 6.45) is 2.28. The molecule has 0 atom stereocenters. The van der Waals surface area contributed by atoms with E-state index in [0.717, 1.165) is 24.9 Å². The Morgan fingerprint density at radius 1 is 1.26 bits per heavy atom. The normalized spacial score (nSPS) is 14.4. The summed E-state index contributed by atoms with van der Waals surface area (Å²) in [5, 5.41) is 4.19. The number of thiophene rings is 1. The minimum absolute atomic E-state index is 0.161. The van der Waals surface area contributed by atoms with Crippen LogP contribution in [0.1, 0.15) is 34.3 Å². The Bertz CT molecular complexity index is 555. The summed E-state index contributed by atoms with van der Waals surface area (Å²) >= 11 is 1.69. The van der Waals surface area contributed by atoms with Crippen LogP contribution in [0.15, 0.2) is 41.1 Å². The summed E-state index contributed by atoms with van der Waals surface area (Å²) < 4.78 is 0. The first-order valence-electron chi connectivity index (χ1n) is 6.63. The quantitative estimate of drug-likeness (QED) is 0.827. The Kier molecular flexibility index (Phi) is 3.38. The number of hydrogen-bond donors (Lipinski definition) is 0. The lowest BCUT2D eigenvalue weighted by Gasteiger charge is -2.22. The van der Waals surface area contributed by atoms with Crippen LogP contribution >= 0.6 is 11.3 Å². The molecule has 1 aromatic carbocycles. The molecule has 3 heteroatoms. The minimum Gasteiger partial charge on any atom is -0.331 e. The molecule has 19 heavy (non-hydrogen) atoms. The van der Waals surface area contributed by atoms with Crippen molar-refractivity contribution in [2.75, 3.05) is 0 Å². The van der Waals surface area contributed by atoms with Gasteiger partial charge in [0.1, 0.15) is 0 Å². The van der Waals surface area contributed by atoms with Crippen LogP contribution < -0.4 is 0 Å². The zero-order valence-corrected chi connectivity index (χ0v) is 11.8. The van der Waals surface area contributed by atoms with Crippen molar-refractivity contribution in [3.63, 3.8) is 0 Å². The summed E-state index contributed by atoms with van der Waals surface area (Å²) in [4.78, 5) is 14.6. The molecule has 98 valence electrons. The zero-order valence-electron chi connectivity index (χ0n) is 11.0. The highest BCUT2D eigenvalue weighted by atomic mass is 32.1. The molecule has 3 rings (SSSR count). The van der Waals surface area contributed by atoms with Crippen molar-refractivity contribution in [2.24, 2.45) is 0 Å². The number of hydrogen-bond acceptors (Lipinski definition) is 2. The van der Waals surface area contributed by atoms with E-state index >= 15 is 0 Å². The van der Waals surface area contributed by atoms with Gasteiger partial charge in [-0.25, -0.2) is 0 Å². The third kappa shape index (κ3) is 2.87. The van der Waals surface area contributed by atoms with Crippen LogP contribution in [0.2, 0.25) is 0 Å². The molecule has 1 aliphatic carbocycles. The van der Waals surface area contributed by atoms with Crippen molar-refractivity contribution >= 4 is 17.2 Å². The first-order chi connectivity index (χ1) is 9.24. The lowest BCUT2D eigenvalue weighted by Crippen LogP contribution is -2.32. The van der Waals surface area contributed by atoms with Crippen LogP contribution in [0.25, 0.3) is 0 Å². The van der Waals surface area contributed by atoms with Gasteiger partial charge in [0, 0.05) is 18.2 Å². The second kappa shape index (κ2) is 5.17. The number of nitrogens with zero attached hydrogens (tertiary/aromatic N) is 1. The number of rotatable bonds is 4. The molecule has 2 aromatic rings. The predicted octanol–water partition coefficient (Wildman–Crippen LogP) is 3.86. The fourth-order valence-electron chi connectivity index (χ4n) is 2.19. The highest BCUT2D eigenvalue weighted by molar-refractivity contribution is 7.07. The average Bonchev–Trinajstić information content (AvgIpc) is 3.13. The van der Waals surface area contributed by atoms with E-state index in [2.05, 4.69) is 16.8 Å². The predicted molar refractivity (Wildman–Crippen MR) is 78.4 cm³/mol. The second-order valence-electron chi connectivity index (χ2n) is 5.16. The Morgan fingerprint density at radius 2 is 2.00 bits per heavy atom. The number of carbonyl (C=O) groups is 1. The molecule has 1 heterocycles. The van der Waals surface area contributed by atoms with E-state index in [-0.39, 0.29) is 5.91 Å². The molecule has 1 fully saturated rings. The van der Waals surface area contributed by atoms with Gasteiger partial charge < -0.3 is 4.90 Å². The fraction of sp³-hybridized carbons (Fsp3) is 0.312. The van der Waals surface area contributed by atoms with Crippen molar-refractivity contribution in [3.8, 4) is 0 Å². The first kappa shape index (κ1) is 12.4. The number of benzene rings is 1. The Balaban J connectivity index is 1.79. The highest BCUT2D eigenvalue weighted by Crippen LogP contribution is 2.30. The number of aryl methyl sites for hydroxylation is 1. The number of amides is 1. The third-order valence-corrected chi connectivity index (χ3v) is 4.21. The van der Waals surface area contributed by atoms with Gasteiger partial charge in [-0.1, -0.05) is 17.7 Å². The lowest BCUT2D eigenvalue weighted by atomic mass is 10.1. The van der Waals surface area contributed by atoms with Crippen LogP contribution in [0.3, 0.4) is 0 Å². The van der Waals surface area contributed by atoms with E-state index in [0.29, 0.717) is 6.04 Å². The summed E-state index contributed by atoms with van der Waals surface area (Å²) in [7, 11) is 0. The molecule has 0 unspecified atom stereocenters. The highest BCUT2D eigenvalue weighted by Gasteiger charge is 2.33. The van der Waals surface area contributed by atoms with Gasteiger partial charge in [0.15, 0.2) is 0 Å². The minimum atomic E-state index is 0.161. The van der Waals surface area contributed by atoms with Crippen molar-refractivity contribution < 1.29 is 4.79 Å². The van der Waals surface area contributed by atoms with Gasteiger partial charge >= 0.3 is 0 Å². The molecule has 0 N–H and O–H groups in total. The third-order valence-electron chi connectivity index (χ3n) is 3.48. The SMILES string of the molecule is Cc1ccc(C(=O)N(Cc2ccsc2)C2CC2)cc1. The lowest BCUT2D eigenvalue weighted by molar-refractivity contribution is 0.0730. The largest absolute Gasteiger partial charge is 0.331 e. The zero-order chi connectivity index (χ0) is 13.2. The maximum atomic E-state index is 12.6. The fourth-order valence-corrected chi connectivity index (χ4v) is 2.85. The molecule has 1 amide bonds. The Labute approximate surface area is 117 Å². The molecular weight excluding hydrogens is 254 g/mol. The topological polar surface area (TPSA) is 20.3 Å². The van der Waals surface area contributed by atoms with Crippen molar-refractivity contribution in [3.05, 3.63) is 57.8 Å². The average molecular weight is 271 g/mol. The molecule has 0 saturated heterocycles. The van der Waals surface area contributed by atoms with E-state index in [1.54, 1.807) is 11.3 Å². The molecule has 0 spiro atoms. The second-order valence-corrected chi connectivity index (χ2v) is 5.94. The summed E-state index contributed by atoms with van der Waals surface area (Å²) in [6, 6.07) is 10.4. The van der Waals surface area contributed by atoms with Crippen LogP contribution in [0.4, 0.5) is 0 Å². The monoisotopic (exact) mass is 271 g/mol. The Morgan fingerprint density at radius 3 is 2.58 bits per heavy atom. The molecule has 1 aliphatic rings. The van der Waals surface area contributed by atoms with E-state index in [4.69, 9.17) is 0 Å².